The Balaban J connectivity index is 1.86. The van der Waals surface area contributed by atoms with Crippen LogP contribution in [0, 0.1) is 16.0 Å². The van der Waals surface area contributed by atoms with E-state index in [-0.39, 0.29) is 30.5 Å². The van der Waals surface area contributed by atoms with E-state index in [9.17, 15) is 28.1 Å². The Morgan fingerprint density at radius 2 is 2.09 bits per heavy atom. The van der Waals surface area contributed by atoms with Gasteiger partial charge in [0.05, 0.1) is 4.92 Å². The van der Waals surface area contributed by atoms with Crippen LogP contribution in [0.15, 0.2) is 18.3 Å². The minimum absolute atomic E-state index is 0.0221. The molecule has 0 spiro atoms. The van der Waals surface area contributed by atoms with Crippen LogP contribution < -0.4 is 5.32 Å². The molecule has 1 fully saturated rings. The molecular formula is C13H15F3N4O3. The number of rotatable bonds is 4. The zero-order valence-electron chi connectivity index (χ0n) is 12.0. The Morgan fingerprint density at radius 3 is 2.65 bits per heavy atom. The number of hydrogen-bond acceptors (Lipinski definition) is 5. The minimum Gasteiger partial charge on any atom is -0.364 e. The number of nitrogens with one attached hydrogen (secondary N) is 1. The predicted octanol–water partition coefficient (Wildman–Crippen LogP) is 2.20. The van der Waals surface area contributed by atoms with Crippen LogP contribution >= 0.6 is 0 Å². The average Bonchev–Trinajstić information content (AvgIpc) is 2.52. The monoisotopic (exact) mass is 332 g/mol. The second-order valence-electron chi connectivity index (χ2n) is 5.24. The van der Waals surface area contributed by atoms with E-state index in [4.69, 9.17) is 0 Å². The number of pyridine rings is 1. The highest BCUT2D eigenvalue weighted by Gasteiger charge is 2.43. The summed E-state index contributed by atoms with van der Waals surface area (Å²) in [4.78, 5) is 26.1. The number of likely N-dealkylation sites (tertiary alicyclic amines) is 1. The first-order chi connectivity index (χ1) is 10.8. The first kappa shape index (κ1) is 17.0. The Hall–Kier alpha value is -2.39. The van der Waals surface area contributed by atoms with E-state index in [0.29, 0.717) is 19.4 Å². The number of nitrogens with zero attached hydrogens (tertiary/aromatic N) is 3. The van der Waals surface area contributed by atoms with Crippen molar-refractivity contribution in [2.24, 2.45) is 5.92 Å². The van der Waals surface area contributed by atoms with Crippen LogP contribution in [-0.2, 0) is 4.79 Å². The van der Waals surface area contributed by atoms with Gasteiger partial charge in [-0.3, -0.25) is 14.9 Å². The zero-order chi connectivity index (χ0) is 17.0. The van der Waals surface area contributed by atoms with Crippen molar-refractivity contribution in [3.63, 3.8) is 0 Å². The summed E-state index contributed by atoms with van der Waals surface area (Å²) in [6.07, 6.45) is -2.63. The Morgan fingerprint density at radius 1 is 1.43 bits per heavy atom. The first-order valence-corrected chi connectivity index (χ1v) is 6.98. The van der Waals surface area contributed by atoms with E-state index in [1.165, 1.54) is 18.3 Å². The van der Waals surface area contributed by atoms with Crippen molar-refractivity contribution in [3.8, 4) is 0 Å². The molecule has 10 heteroatoms. The molecule has 1 aliphatic heterocycles. The number of alkyl halides is 3. The van der Waals surface area contributed by atoms with Crippen LogP contribution in [0.2, 0.25) is 0 Å². The number of halogens is 3. The van der Waals surface area contributed by atoms with E-state index < -0.39 is 17.0 Å². The van der Waals surface area contributed by atoms with Gasteiger partial charge in [0, 0.05) is 31.9 Å². The topological polar surface area (TPSA) is 88.4 Å². The third-order valence-electron chi connectivity index (χ3n) is 3.69. The van der Waals surface area contributed by atoms with Gasteiger partial charge < -0.3 is 10.2 Å². The van der Waals surface area contributed by atoms with Crippen LogP contribution in [-0.4, -0.2) is 46.5 Å². The number of amides is 1. The number of hydrogen-bond donors (Lipinski definition) is 1. The summed E-state index contributed by atoms with van der Waals surface area (Å²) in [7, 11) is 0. The Bertz CT molecular complexity index is 586. The van der Waals surface area contributed by atoms with Gasteiger partial charge in [0.15, 0.2) is 0 Å². The molecule has 0 saturated carbocycles. The standard InChI is InChI=1S/C13H15F3N4O3/c14-13(15,16)12(21)19-6-3-9(4-7-19)8-18-11-10(20(22)23)2-1-5-17-11/h1-2,5,9H,3-4,6-8H2,(H,17,18). The highest BCUT2D eigenvalue weighted by atomic mass is 19.4. The highest BCUT2D eigenvalue weighted by molar-refractivity contribution is 5.81. The summed E-state index contributed by atoms with van der Waals surface area (Å²) in [5, 5.41) is 13.7. The van der Waals surface area contributed by atoms with Gasteiger partial charge in [0.1, 0.15) is 0 Å². The third kappa shape index (κ3) is 4.30. The highest BCUT2D eigenvalue weighted by Crippen LogP contribution is 2.25. The van der Waals surface area contributed by atoms with Crippen LogP contribution in [0.25, 0.3) is 0 Å². The fourth-order valence-corrected chi connectivity index (χ4v) is 2.44. The molecule has 0 atom stereocenters. The lowest BCUT2D eigenvalue weighted by Gasteiger charge is -2.32. The number of nitro groups is 1. The van der Waals surface area contributed by atoms with Crippen LogP contribution in [0.4, 0.5) is 24.7 Å². The van der Waals surface area contributed by atoms with Crippen LogP contribution in [0.3, 0.4) is 0 Å². The fourth-order valence-electron chi connectivity index (χ4n) is 2.44. The normalized spacial score (nSPS) is 16.2. The molecule has 2 heterocycles. The van der Waals surface area contributed by atoms with Gasteiger partial charge in [-0.1, -0.05) is 0 Å². The molecule has 0 aliphatic carbocycles. The van der Waals surface area contributed by atoms with Crippen molar-refractivity contribution in [1.29, 1.82) is 0 Å². The van der Waals surface area contributed by atoms with E-state index in [1.54, 1.807) is 0 Å². The molecule has 0 aromatic carbocycles. The average molecular weight is 332 g/mol. The third-order valence-corrected chi connectivity index (χ3v) is 3.69. The summed E-state index contributed by atoms with van der Waals surface area (Å²) in [5.41, 5.74) is -0.155. The molecule has 1 amide bonds. The number of piperidine rings is 1. The fraction of sp³-hybridized carbons (Fsp3) is 0.538. The van der Waals surface area contributed by atoms with Crippen molar-refractivity contribution in [1.82, 2.24) is 9.88 Å². The van der Waals surface area contributed by atoms with E-state index >= 15 is 0 Å². The molecule has 0 unspecified atom stereocenters. The van der Waals surface area contributed by atoms with E-state index in [2.05, 4.69) is 10.3 Å². The summed E-state index contributed by atoms with van der Waals surface area (Å²) in [5.74, 6) is -1.66. The molecule has 1 saturated heterocycles. The largest absolute Gasteiger partial charge is 0.471 e. The molecule has 1 aliphatic rings. The first-order valence-electron chi connectivity index (χ1n) is 6.98. The smallest absolute Gasteiger partial charge is 0.364 e. The van der Waals surface area contributed by atoms with Crippen molar-refractivity contribution in [3.05, 3.63) is 28.4 Å². The number of anilines is 1. The maximum atomic E-state index is 12.3. The molecular weight excluding hydrogens is 317 g/mol. The van der Waals surface area contributed by atoms with Crippen molar-refractivity contribution in [2.45, 2.75) is 19.0 Å². The number of carbonyl (C=O) groups is 1. The molecule has 23 heavy (non-hydrogen) atoms. The number of aromatic nitrogens is 1. The summed E-state index contributed by atoms with van der Waals surface area (Å²) >= 11 is 0. The second-order valence-corrected chi connectivity index (χ2v) is 5.24. The molecule has 0 radical (unpaired) electrons. The van der Waals surface area contributed by atoms with E-state index in [1.807, 2.05) is 0 Å². The maximum Gasteiger partial charge on any atom is 0.471 e. The van der Waals surface area contributed by atoms with Gasteiger partial charge in [-0.15, -0.1) is 0 Å². The van der Waals surface area contributed by atoms with Crippen LogP contribution in [0.1, 0.15) is 12.8 Å². The predicted molar refractivity (Wildman–Crippen MR) is 74.7 cm³/mol. The van der Waals surface area contributed by atoms with Gasteiger partial charge >= 0.3 is 17.8 Å². The van der Waals surface area contributed by atoms with Gasteiger partial charge in [-0.2, -0.15) is 13.2 Å². The maximum absolute atomic E-state index is 12.3. The molecule has 7 nitrogen and oxygen atoms in total. The minimum atomic E-state index is -4.85. The second kappa shape index (κ2) is 6.80. The quantitative estimate of drug-likeness (QED) is 0.674. The lowest BCUT2D eigenvalue weighted by atomic mass is 9.96. The van der Waals surface area contributed by atoms with Crippen molar-refractivity contribution in [2.75, 3.05) is 25.0 Å². The molecule has 2 rings (SSSR count). The molecule has 1 N–H and O–H groups in total. The molecule has 0 bridgehead atoms. The number of carbonyl (C=O) groups excluding carboxylic acids is 1. The van der Waals surface area contributed by atoms with Crippen molar-refractivity contribution >= 4 is 17.4 Å². The van der Waals surface area contributed by atoms with Gasteiger partial charge in [-0.25, -0.2) is 4.98 Å². The molecule has 1 aromatic heterocycles. The zero-order valence-corrected chi connectivity index (χ0v) is 12.0. The SMILES string of the molecule is O=C(N1CCC(CNc2ncccc2[N+](=O)[O-])CC1)C(F)(F)F. The Labute approximate surface area is 129 Å². The molecule has 1 aromatic rings. The van der Waals surface area contributed by atoms with Gasteiger partial charge in [0.2, 0.25) is 5.82 Å². The van der Waals surface area contributed by atoms with Gasteiger partial charge in [0.25, 0.3) is 0 Å². The Kier molecular flexibility index (Phi) is 5.02. The van der Waals surface area contributed by atoms with Crippen molar-refractivity contribution < 1.29 is 22.9 Å². The lowest BCUT2D eigenvalue weighted by molar-refractivity contribution is -0.384. The summed E-state index contributed by atoms with van der Waals surface area (Å²) in [6, 6.07) is 2.77. The summed E-state index contributed by atoms with van der Waals surface area (Å²) in [6.45, 7) is 0.399. The van der Waals surface area contributed by atoms with Gasteiger partial charge in [-0.05, 0) is 24.8 Å². The molecule has 126 valence electrons. The van der Waals surface area contributed by atoms with E-state index in [0.717, 1.165) is 4.90 Å². The summed E-state index contributed by atoms with van der Waals surface area (Å²) < 4.78 is 37.0. The lowest BCUT2D eigenvalue weighted by Crippen LogP contribution is -2.46. The van der Waals surface area contributed by atoms with Crippen LogP contribution in [0.5, 0.6) is 0 Å².